The van der Waals surface area contributed by atoms with Crippen LogP contribution in [0.25, 0.3) is 10.4 Å². The Kier molecular flexibility index (Phi) is 4.52. The summed E-state index contributed by atoms with van der Waals surface area (Å²) in [7, 11) is -3.96. The zero-order valence-electron chi connectivity index (χ0n) is 8.72. The predicted molar refractivity (Wildman–Crippen MR) is 59.8 cm³/mol. The van der Waals surface area contributed by atoms with Gasteiger partial charge in [0.1, 0.15) is 0 Å². The van der Waals surface area contributed by atoms with E-state index in [9.17, 15) is 9.46 Å². The molecule has 0 bridgehead atoms. The molecule has 16 heavy (non-hydrogen) atoms. The third-order valence-corrected chi connectivity index (χ3v) is 3.53. The molecular formula is C9H12N3O3P. The van der Waals surface area contributed by atoms with E-state index in [0.29, 0.717) is 5.56 Å². The van der Waals surface area contributed by atoms with E-state index in [1.165, 1.54) is 0 Å². The summed E-state index contributed by atoms with van der Waals surface area (Å²) >= 11 is 0. The Hall–Kier alpha value is -1.32. The second-order valence-corrected chi connectivity index (χ2v) is 4.85. The smallest absolute Gasteiger partial charge is 0.324 e. The first-order valence-corrected chi connectivity index (χ1v) is 6.32. The van der Waals surface area contributed by atoms with E-state index in [1.807, 2.05) is 0 Å². The highest BCUT2D eigenvalue weighted by Gasteiger charge is 2.32. The number of nitrogens with zero attached hydrogens (tertiary/aromatic N) is 3. The molecule has 0 aliphatic heterocycles. The minimum Gasteiger partial charge on any atom is -0.324 e. The standard InChI is InChI=1S/C9H12N3O3P/c1-2-15-16(13,14)9(11-12-10)8-6-4-3-5-7-8/h3-7,9H,2H2,1H3,(H,13,14). The normalized spacial score (nSPS) is 15.9. The van der Waals surface area contributed by atoms with Crippen molar-refractivity contribution in [2.24, 2.45) is 5.11 Å². The molecule has 0 amide bonds. The maximum absolute atomic E-state index is 11.8. The van der Waals surface area contributed by atoms with Gasteiger partial charge in [0, 0.05) is 4.91 Å². The zero-order valence-corrected chi connectivity index (χ0v) is 9.62. The van der Waals surface area contributed by atoms with Crippen molar-refractivity contribution >= 4 is 7.60 Å². The van der Waals surface area contributed by atoms with Crippen LogP contribution in [-0.2, 0) is 9.09 Å². The molecule has 1 N–H and O–H groups in total. The van der Waals surface area contributed by atoms with Gasteiger partial charge in [0.05, 0.1) is 6.61 Å². The van der Waals surface area contributed by atoms with Gasteiger partial charge in [-0.05, 0) is 18.0 Å². The van der Waals surface area contributed by atoms with Gasteiger partial charge in [0.15, 0.2) is 5.78 Å². The van der Waals surface area contributed by atoms with Crippen molar-refractivity contribution in [3.8, 4) is 0 Å². The summed E-state index contributed by atoms with van der Waals surface area (Å²) in [6, 6.07) is 8.38. The lowest BCUT2D eigenvalue weighted by Gasteiger charge is -2.17. The summed E-state index contributed by atoms with van der Waals surface area (Å²) in [6.45, 7) is 1.68. The molecule has 0 aliphatic rings. The van der Waals surface area contributed by atoms with Crippen LogP contribution in [0.3, 0.4) is 0 Å². The van der Waals surface area contributed by atoms with Gasteiger partial charge in [-0.15, -0.1) is 0 Å². The van der Waals surface area contributed by atoms with E-state index in [2.05, 4.69) is 10.0 Å². The summed E-state index contributed by atoms with van der Waals surface area (Å²) in [5.41, 5.74) is 8.86. The molecule has 0 radical (unpaired) electrons. The Morgan fingerprint density at radius 2 is 2.19 bits per heavy atom. The van der Waals surface area contributed by atoms with Gasteiger partial charge in [0.2, 0.25) is 0 Å². The maximum atomic E-state index is 11.8. The number of rotatable bonds is 5. The van der Waals surface area contributed by atoms with Crippen molar-refractivity contribution in [2.75, 3.05) is 6.61 Å². The summed E-state index contributed by atoms with van der Waals surface area (Å²) in [6.07, 6.45) is 0. The molecule has 0 saturated heterocycles. The number of azide groups is 1. The van der Waals surface area contributed by atoms with Crippen molar-refractivity contribution in [3.05, 3.63) is 46.3 Å². The first-order chi connectivity index (χ1) is 7.61. The summed E-state index contributed by atoms with van der Waals surface area (Å²) in [4.78, 5) is 12.2. The predicted octanol–water partition coefficient (Wildman–Crippen LogP) is 3.22. The molecule has 0 saturated carbocycles. The number of hydrogen-bond acceptors (Lipinski definition) is 3. The molecule has 0 heterocycles. The molecule has 6 nitrogen and oxygen atoms in total. The van der Waals surface area contributed by atoms with E-state index in [1.54, 1.807) is 37.3 Å². The Labute approximate surface area is 93.0 Å². The van der Waals surface area contributed by atoms with Crippen molar-refractivity contribution in [1.29, 1.82) is 0 Å². The van der Waals surface area contributed by atoms with Gasteiger partial charge in [0.25, 0.3) is 0 Å². The summed E-state index contributed by atoms with van der Waals surface area (Å²) in [5.74, 6) is -1.20. The molecular weight excluding hydrogens is 229 g/mol. The van der Waals surface area contributed by atoms with E-state index >= 15 is 0 Å². The van der Waals surface area contributed by atoms with Crippen LogP contribution >= 0.6 is 7.60 Å². The molecule has 86 valence electrons. The summed E-state index contributed by atoms with van der Waals surface area (Å²) in [5, 5.41) is 3.33. The van der Waals surface area contributed by atoms with Crippen LogP contribution in [0.1, 0.15) is 18.3 Å². The van der Waals surface area contributed by atoms with Crippen molar-refractivity contribution in [2.45, 2.75) is 12.7 Å². The first-order valence-electron chi connectivity index (χ1n) is 4.68. The van der Waals surface area contributed by atoms with Crippen LogP contribution in [0.15, 0.2) is 35.4 Å². The Bertz CT molecular complexity index is 431. The van der Waals surface area contributed by atoms with Crippen molar-refractivity contribution < 1.29 is 14.0 Å². The molecule has 2 atom stereocenters. The van der Waals surface area contributed by atoms with Gasteiger partial charge in [-0.3, -0.25) is 4.57 Å². The average Bonchev–Trinajstić information content (AvgIpc) is 2.27. The van der Waals surface area contributed by atoms with Crippen LogP contribution in [0.5, 0.6) is 0 Å². The van der Waals surface area contributed by atoms with Crippen molar-refractivity contribution in [1.82, 2.24) is 0 Å². The van der Waals surface area contributed by atoms with E-state index in [0.717, 1.165) is 0 Å². The molecule has 0 aromatic heterocycles. The van der Waals surface area contributed by atoms with E-state index in [4.69, 9.17) is 10.1 Å². The molecule has 1 aromatic carbocycles. The van der Waals surface area contributed by atoms with Gasteiger partial charge in [-0.1, -0.05) is 35.4 Å². The molecule has 2 unspecified atom stereocenters. The lowest BCUT2D eigenvalue weighted by Crippen LogP contribution is -2.00. The molecule has 1 aromatic rings. The molecule has 0 fully saturated rings. The monoisotopic (exact) mass is 241 g/mol. The molecule has 1 rings (SSSR count). The number of benzene rings is 1. The lowest BCUT2D eigenvalue weighted by molar-refractivity contribution is 0.265. The van der Waals surface area contributed by atoms with E-state index < -0.39 is 13.4 Å². The summed E-state index contributed by atoms with van der Waals surface area (Å²) < 4.78 is 16.5. The minimum absolute atomic E-state index is 0.0814. The van der Waals surface area contributed by atoms with Crippen molar-refractivity contribution in [3.63, 3.8) is 0 Å². The molecule has 7 heteroatoms. The maximum Gasteiger partial charge on any atom is 0.341 e. The lowest BCUT2D eigenvalue weighted by atomic mass is 10.2. The highest BCUT2D eigenvalue weighted by atomic mass is 31.2. The van der Waals surface area contributed by atoms with Gasteiger partial charge in [-0.25, -0.2) is 0 Å². The quantitative estimate of drug-likeness (QED) is 0.371. The number of hydrogen-bond donors (Lipinski definition) is 1. The Morgan fingerprint density at radius 3 is 2.69 bits per heavy atom. The fourth-order valence-electron chi connectivity index (χ4n) is 1.25. The van der Waals surface area contributed by atoms with Crippen LogP contribution < -0.4 is 0 Å². The van der Waals surface area contributed by atoms with Crippen LogP contribution in [0.4, 0.5) is 0 Å². The SMILES string of the molecule is CCOP(=O)(O)C(N=[N+]=[N-])c1ccccc1. The van der Waals surface area contributed by atoms with Gasteiger partial charge >= 0.3 is 7.60 Å². The van der Waals surface area contributed by atoms with E-state index in [-0.39, 0.29) is 6.61 Å². The second kappa shape index (κ2) is 5.68. The highest BCUT2D eigenvalue weighted by Crippen LogP contribution is 2.57. The van der Waals surface area contributed by atoms with Crippen LogP contribution in [0, 0.1) is 0 Å². The fraction of sp³-hybridized carbons (Fsp3) is 0.333. The Morgan fingerprint density at radius 1 is 1.56 bits per heavy atom. The first kappa shape index (κ1) is 12.7. The Balaban J connectivity index is 3.10. The third kappa shape index (κ3) is 3.08. The average molecular weight is 241 g/mol. The second-order valence-electron chi connectivity index (χ2n) is 2.97. The molecule has 0 spiro atoms. The minimum atomic E-state index is -3.96. The van der Waals surface area contributed by atoms with Gasteiger partial charge < -0.3 is 9.42 Å². The topological polar surface area (TPSA) is 95.3 Å². The highest BCUT2D eigenvalue weighted by molar-refractivity contribution is 7.53. The van der Waals surface area contributed by atoms with Gasteiger partial charge in [-0.2, -0.15) is 0 Å². The zero-order chi connectivity index (χ0) is 12.0. The largest absolute Gasteiger partial charge is 0.341 e. The van der Waals surface area contributed by atoms with Crippen LogP contribution in [0.2, 0.25) is 0 Å². The fourth-order valence-corrected chi connectivity index (χ4v) is 2.49. The third-order valence-electron chi connectivity index (χ3n) is 1.88. The van der Waals surface area contributed by atoms with Crippen LogP contribution in [-0.4, -0.2) is 11.5 Å². The molecule has 0 aliphatic carbocycles.